The number of rotatable bonds is 6. The van der Waals surface area contributed by atoms with Crippen LogP contribution >= 0.6 is 0 Å². The van der Waals surface area contributed by atoms with Gasteiger partial charge in [-0.25, -0.2) is 5.10 Å². The van der Waals surface area contributed by atoms with E-state index in [1.807, 2.05) is 0 Å². The summed E-state index contributed by atoms with van der Waals surface area (Å²) in [7, 11) is 0. The van der Waals surface area contributed by atoms with E-state index in [1.54, 1.807) is 43.3 Å². The lowest BCUT2D eigenvalue weighted by Gasteiger charge is -2.11. The minimum absolute atomic E-state index is 0.154. The maximum Gasteiger partial charge on any atom is 0.312 e. The van der Waals surface area contributed by atoms with Crippen molar-refractivity contribution in [3.63, 3.8) is 0 Å². The van der Waals surface area contributed by atoms with E-state index in [2.05, 4.69) is 15.5 Å². The Morgan fingerprint density at radius 3 is 2.73 bits per heavy atom. The summed E-state index contributed by atoms with van der Waals surface area (Å²) in [5, 5.41) is 9.94. The van der Waals surface area contributed by atoms with Gasteiger partial charge in [-0.2, -0.15) is 5.10 Å². The number of hydrogen-bond donors (Lipinski definition) is 2. The fraction of sp³-hybridized carbons (Fsp3) is 0.222. The van der Waals surface area contributed by atoms with Crippen LogP contribution in [-0.4, -0.2) is 28.7 Å². The van der Waals surface area contributed by atoms with Gasteiger partial charge in [-0.05, 0) is 25.1 Å². The Hall–Kier alpha value is -3.42. The second-order valence-electron chi connectivity index (χ2n) is 5.69. The van der Waals surface area contributed by atoms with Gasteiger partial charge in [-0.1, -0.05) is 18.2 Å². The smallest absolute Gasteiger partial charge is 0.312 e. The number of H-pyrrole nitrogens is 1. The van der Waals surface area contributed by atoms with Crippen LogP contribution in [0.1, 0.15) is 24.4 Å². The van der Waals surface area contributed by atoms with Gasteiger partial charge < -0.3 is 14.5 Å². The average molecular weight is 355 g/mol. The number of esters is 1. The van der Waals surface area contributed by atoms with Crippen molar-refractivity contribution in [3.8, 4) is 0 Å². The number of amides is 1. The monoisotopic (exact) mass is 355 g/mol. The fourth-order valence-corrected chi connectivity index (χ4v) is 2.53. The molecule has 8 heteroatoms. The zero-order valence-electron chi connectivity index (χ0n) is 14.0. The van der Waals surface area contributed by atoms with Gasteiger partial charge in [0.25, 0.3) is 11.5 Å². The molecule has 2 aromatic heterocycles. The van der Waals surface area contributed by atoms with Gasteiger partial charge in [-0.15, -0.1) is 0 Å². The summed E-state index contributed by atoms with van der Waals surface area (Å²) >= 11 is 0. The highest BCUT2D eigenvalue weighted by Gasteiger charge is 2.15. The summed E-state index contributed by atoms with van der Waals surface area (Å²) in [5.74, 6) is -0.453. The van der Waals surface area contributed by atoms with Crippen molar-refractivity contribution in [2.75, 3.05) is 6.61 Å². The van der Waals surface area contributed by atoms with Crippen LogP contribution in [0.4, 0.5) is 0 Å². The summed E-state index contributed by atoms with van der Waals surface area (Å²) in [5.41, 5.74) is 0.0542. The molecule has 0 aliphatic rings. The molecule has 1 amide bonds. The molecule has 0 bridgehead atoms. The van der Waals surface area contributed by atoms with Crippen molar-refractivity contribution < 1.29 is 18.7 Å². The Morgan fingerprint density at radius 1 is 1.23 bits per heavy atom. The number of aromatic amines is 1. The van der Waals surface area contributed by atoms with E-state index < -0.39 is 18.5 Å². The summed E-state index contributed by atoms with van der Waals surface area (Å²) in [6.07, 6.45) is 1.36. The summed E-state index contributed by atoms with van der Waals surface area (Å²) in [6, 6.07) is 9.96. The van der Waals surface area contributed by atoms with Gasteiger partial charge in [0.15, 0.2) is 6.61 Å². The number of benzene rings is 1. The zero-order chi connectivity index (χ0) is 18.5. The van der Waals surface area contributed by atoms with Crippen LogP contribution in [0.25, 0.3) is 10.8 Å². The van der Waals surface area contributed by atoms with E-state index in [9.17, 15) is 14.4 Å². The topological polar surface area (TPSA) is 114 Å². The third-order valence-electron chi connectivity index (χ3n) is 3.80. The summed E-state index contributed by atoms with van der Waals surface area (Å²) in [4.78, 5) is 35.6. The molecule has 8 nitrogen and oxygen atoms in total. The largest absolute Gasteiger partial charge is 0.467 e. The highest BCUT2D eigenvalue weighted by molar-refractivity contribution is 5.87. The van der Waals surface area contributed by atoms with Crippen LogP contribution < -0.4 is 10.9 Å². The lowest BCUT2D eigenvalue weighted by molar-refractivity contribution is -0.148. The predicted octanol–water partition coefficient (Wildman–Crippen LogP) is 1.48. The van der Waals surface area contributed by atoms with E-state index in [0.29, 0.717) is 22.2 Å². The number of furan rings is 1. The first kappa shape index (κ1) is 17.4. The minimum atomic E-state index is -0.615. The Kier molecular flexibility index (Phi) is 5.12. The number of hydrogen-bond acceptors (Lipinski definition) is 6. The Morgan fingerprint density at radius 2 is 2.00 bits per heavy atom. The average Bonchev–Trinajstić information content (AvgIpc) is 3.17. The number of ether oxygens (including phenoxy) is 1. The number of carbonyl (C=O) groups is 2. The molecule has 0 aliphatic heterocycles. The van der Waals surface area contributed by atoms with E-state index in [0.717, 1.165) is 0 Å². The van der Waals surface area contributed by atoms with Crippen LogP contribution in [0.5, 0.6) is 0 Å². The van der Waals surface area contributed by atoms with Crippen molar-refractivity contribution >= 4 is 22.6 Å². The first-order valence-corrected chi connectivity index (χ1v) is 7.99. The summed E-state index contributed by atoms with van der Waals surface area (Å²) < 4.78 is 10.2. The van der Waals surface area contributed by atoms with Crippen LogP contribution in [0, 0.1) is 0 Å². The molecule has 1 aromatic carbocycles. The number of nitrogens with zero attached hydrogens (tertiary/aromatic N) is 1. The molecule has 134 valence electrons. The normalized spacial score (nSPS) is 11.9. The van der Waals surface area contributed by atoms with Crippen LogP contribution in [0.2, 0.25) is 0 Å². The molecule has 0 radical (unpaired) electrons. The van der Waals surface area contributed by atoms with Crippen molar-refractivity contribution in [1.29, 1.82) is 0 Å². The lowest BCUT2D eigenvalue weighted by Crippen LogP contribution is -2.31. The zero-order valence-corrected chi connectivity index (χ0v) is 14.0. The third-order valence-corrected chi connectivity index (χ3v) is 3.80. The van der Waals surface area contributed by atoms with Crippen molar-refractivity contribution in [2.24, 2.45) is 0 Å². The maximum atomic E-state index is 12.0. The van der Waals surface area contributed by atoms with Gasteiger partial charge in [0.2, 0.25) is 0 Å². The first-order valence-electron chi connectivity index (χ1n) is 7.99. The van der Waals surface area contributed by atoms with Crippen molar-refractivity contribution in [1.82, 2.24) is 15.5 Å². The van der Waals surface area contributed by atoms with E-state index in [1.165, 1.54) is 6.26 Å². The second-order valence-corrected chi connectivity index (χ2v) is 5.69. The van der Waals surface area contributed by atoms with Gasteiger partial charge in [0.1, 0.15) is 5.76 Å². The highest BCUT2D eigenvalue weighted by atomic mass is 16.5. The predicted molar refractivity (Wildman–Crippen MR) is 92.3 cm³/mol. The third kappa shape index (κ3) is 3.97. The van der Waals surface area contributed by atoms with E-state index >= 15 is 0 Å². The molecule has 3 aromatic rings. The fourth-order valence-electron chi connectivity index (χ4n) is 2.53. The maximum absolute atomic E-state index is 12.0. The quantitative estimate of drug-likeness (QED) is 0.647. The molecular formula is C18H17N3O5. The Labute approximate surface area is 148 Å². The molecule has 3 rings (SSSR count). The molecule has 26 heavy (non-hydrogen) atoms. The van der Waals surface area contributed by atoms with Crippen molar-refractivity contribution in [2.45, 2.75) is 19.4 Å². The SMILES string of the molecule is C[C@@H](NC(=O)COC(=O)Cc1n[nH]c(=O)c2ccccc12)c1ccco1. The van der Waals surface area contributed by atoms with Crippen LogP contribution in [0.15, 0.2) is 51.9 Å². The molecule has 0 unspecified atom stereocenters. The number of carbonyl (C=O) groups excluding carboxylic acids is 2. The Bertz CT molecular complexity index is 978. The van der Waals surface area contributed by atoms with Gasteiger partial charge in [0.05, 0.1) is 29.8 Å². The van der Waals surface area contributed by atoms with Gasteiger partial charge in [-0.3, -0.25) is 14.4 Å². The molecule has 0 aliphatic carbocycles. The number of fused-ring (bicyclic) bond motifs is 1. The van der Waals surface area contributed by atoms with Crippen LogP contribution in [0.3, 0.4) is 0 Å². The molecule has 0 saturated heterocycles. The van der Waals surface area contributed by atoms with Gasteiger partial charge in [0, 0.05) is 5.39 Å². The van der Waals surface area contributed by atoms with E-state index in [4.69, 9.17) is 9.15 Å². The highest BCUT2D eigenvalue weighted by Crippen LogP contribution is 2.14. The number of nitrogens with one attached hydrogen (secondary N) is 2. The standard InChI is InChI=1S/C18H17N3O5/c1-11(15-7-4-8-25-15)19-16(22)10-26-17(23)9-14-12-5-2-3-6-13(12)18(24)21-20-14/h2-8,11H,9-10H2,1H3,(H,19,22)(H,21,24)/t11-/m1/s1. The van der Waals surface area contributed by atoms with Gasteiger partial charge >= 0.3 is 5.97 Å². The second kappa shape index (κ2) is 7.64. The molecule has 0 fully saturated rings. The van der Waals surface area contributed by atoms with Crippen molar-refractivity contribution in [3.05, 3.63) is 64.5 Å². The summed E-state index contributed by atoms with van der Waals surface area (Å²) in [6.45, 7) is 1.35. The molecule has 0 saturated carbocycles. The molecule has 0 spiro atoms. The van der Waals surface area contributed by atoms with E-state index in [-0.39, 0.29) is 18.0 Å². The van der Waals surface area contributed by atoms with Crippen LogP contribution in [-0.2, 0) is 20.7 Å². The molecule has 2 N–H and O–H groups in total. The molecule has 1 atom stereocenters. The Balaban J connectivity index is 1.57. The molecular weight excluding hydrogens is 338 g/mol. The lowest BCUT2D eigenvalue weighted by atomic mass is 10.1. The number of aromatic nitrogens is 2. The first-order chi connectivity index (χ1) is 12.5. The molecule has 2 heterocycles. The minimum Gasteiger partial charge on any atom is -0.467 e.